The first-order chi connectivity index (χ1) is 10.1. The van der Waals surface area contributed by atoms with Crippen molar-refractivity contribution < 1.29 is 5.11 Å². The van der Waals surface area contributed by atoms with E-state index in [2.05, 4.69) is 10.00 Å². The van der Waals surface area contributed by atoms with Crippen LogP contribution in [0, 0.1) is 0 Å². The number of rotatable bonds is 5. The van der Waals surface area contributed by atoms with Crippen molar-refractivity contribution in [2.24, 2.45) is 7.05 Å². The second-order valence-corrected chi connectivity index (χ2v) is 7.13. The number of hydrogen-bond donors (Lipinski definition) is 1. The zero-order valence-electron chi connectivity index (χ0n) is 12.1. The van der Waals surface area contributed by atoms with E-state index in [1.54, 1.807) is 22.2 Å². The predicted molar refractivity (Wildman–Crippen MR) is 85.5 cm³/mol. The fourth-order valence-corrected chi connectivity index (χ4v) is 4.11. The maximum absolute atomic E-state index is 10.4. The van der Waals surface area contributed by atoms with Crippen LogP contribution in [0.3, 0.4) is 0 Å². The molecule has 4 nitrogen and oxygen atoms in total. The average molecular weight is 326 g/mol. The standard InChI is InChI=1S/C15H20ClN3OS/c1-18-8-11(7-17-18)15(20)6-13-3-2-4-19(13)9-14-5-12(16)10-21-14/h5,7-8,10,13,15,20H,2-4,6,9H2,1H3/t13-,15-/m1/s1. The van der Waals surface area contributed by atoms with Gasteiger partial charge in [0.1, 0.15) is 0 Å². The molecule has 3 rings (SSSR count). The summed E-state index contributed by atoms with van der Waals surface area (Å²) in [5, 5.41) is 17.3. The van der Waals surface area contributed by atoms with Gasteiger partial charge in [-0.25, -0.2) is 0 Å². The van der Waals surface area contributed by atoms with Gasteiger partial charge in [0.05, 0.1) is 17.3 Å². The number of aliphatic hydroxyl groups is 1. The van der Waals surface area contributed by atoms with Gasteiger partial charge in [-0.05, 0) is 31.9 Å². The number of aliphatic hydroxyl groups excluding tert-OH is 1. The minimum Gasteiger partial charge on any atom is -0.388 e. The normalized spacial score (nSPS) is 21.0. The second-order valence-electron chi connectivity index (χ2n) is 5.70. The summed E-state index contributed by atoms with van der Waals surface area (Å²) in [6.07, 6.45) is 6.33. The van der Waals surface area contributed by atoms with E-state index in [0.29, 0.717) is 6.04 Å². The van der Waals surface area contributed by atoms with Gasteiger partial charge in [-0.15, -0.1) is 11.3 Å². The van der Waals surface area contributed by atoms with Crippen molar-refractivity contribution >= 4 is 22.9 Å². The van der Waals surface area contributed by atoms with E-state index >= 15 is 0 Å². The molecule has 1 aliphatic rings. The highest BCUT2D eigenvalue weighted by Crippen LogP contribution is 2.30. The Morgan fingerprint density at radius 3 is 3.10 bits per heavy atom. The van der Waals surface area contributed by atoms with Crippen LogP contribution in [0.2, 0.25) is 5.02 Å². The summed E-state index contributed by atoms with van der Waals surface area (Å²) in [4.78, 5) is 3.75. The number of thiophene rings is 1. The molecule has 3 heterocycles. The number of hydrogen-bond acceptors (Lipinski definition) is 4. The molecule has 0 bridgehead atoms. The van der Waals surface area contributed by atoms with Crippen LogP contribution < -0.4 is 0 Å². The van der Waals surface area contributed by atoms with Crippen molar-refractivity contribution in [3.05, 3.63) is 39.3 Å². The number of nitrogens with zero attached hydrogens (tertiary/aromatic N) is 3. The molecule has 0 unspecified atom stereocenters. The highest BCUT2D eigenvalue weighted by Gasteiger charge is 2.27. The molecule has 0 amide bonds. The van der Waals surface area contributed by atoms with Crippen molar-refractivity contribution in [2.45, 2.75) is 38.0 Å². The van der Waals surface area contributed by atoms with Crippen LogP contribution in [0.5, 0.6) is 0 Å². The van der Waals surface area contributed by atoms with Gasteiger partial charge in [0, 0.05) is 41.7 Å². The molecule has 114 valence electrons. The third kappa shape index (κ3) is 3.66. The monoisotopic (exact) mass is 325 g/mol. The van der Waals surface area contributed by atoms with Gasteiger partial charge in [-0.1, -0.05) is 11.6 Å². The molecule has 6 heteroatoms. The molecule has 1 saturated heterocycles. The summed E-state index contributed by atoms with van der Waals surface area (Å²) >= 11 is 7.70. The van der Waals surface area contributed by atoms with Crippen LogP contribution in [-0.2, 0) is 13.6 Å². The van der Waals surface area contributed by atoms with E-state index < -0.39 is 6.10 Å². The third-order valence-electron chi connectivity index (χ3n) is 4.08. The largest absolute Gasteiger partial charge is 0.388 e. The van der Waals surface area contributed by atoms with Gasteiger partial charge in [-0.3, -0.25) is 9.58 Å². The smallest absolute Gasteiger partial charge is 0.0835 e. The highest BCUT2D eigenvalue weighted by molar-refractivity contribution is 7.10. The van der Waals surface area contributed by atoms with E-state index in [0.717, 1.165) is 36.5 Å². The summed E-state index contributed by atoms with van der Waals surface area (Å²) in [6.45, 7) is 2.03. The molecule has 0 aromatic carbocycles. The van der Waals surface area contributed by atoms with Gasteiger partial charge in [0.15, 0.2) is 0 Å². The van der Waals surface area contributed by atoms with Crippen LogP contribution in [-0.4, -0.2) is 32.4 Å². The Hall–Kier alpha value is -0.880. The molecule has 2 atom stereocenters. The Kier molecular flexibility index (Phi) is 4.64. The molecule has 2 aromatic rings. The minimum absolute atomic E-state index is 0.432. The van der Waals surface area contributed by atoms with Crippen molar-refractivity contribution in [1.29, 1.82) is 0 Å². The van der Waals surface area contributed by atoms with E-state index in [9.17, 15) is 5.11 Å². The average Bonchev–Trinajstić information content (AvgIpc) is 3.14. The van der Waals surface area contributed by atoms with Crippen molar-refractivity contribution in [3.63, 3.8) is 0 Å². The summed E-state index contributed by atoms with van der Waals surface area (Å²) < 4.78 is 1.73. The zero-order chi connectivity index (χ0) is 14.8. The quantitative estimate of drug-likeness (QED) is 0.917. The van der Waals surface area contributed by atoms with Gasteiger partial charge in [0.2, 0.25) is 0 Å². The first kappa shape index (κ1) is 15.0. The molecular formula is C15H20ClN3OS. The lowest BCUT2D eigenvalue weighted by Gasteiger charge is -2.25. The van der Waals surface area contributed by atoms with E-state index in [-0.39, 0.29) is 0 Å². The highest BCUT2D eigenvalue weighted by atomic mass is 35.5. The van der Waals surface area contributed by atoms with Crippen molar-refractivity contribution in [1.82, 2.24) is 14.7 Å². The number of halogens is 1. The van der Waals surface area contributed by atoms with E-state index in [1.807, 2.05) is 24.7 Å². The predicted octanol–water partition coefficient (Wildman–Crippen LogP) is 3.22. The summed E-state index contributed by atoms with van der Waals surface area (Å²) in [6, 6.07) is 2.47. The Labute approximate surface area is 134 Å². The molecule has 0 aliphatic carbocycles. The Bertz CT molecular complexity index is 597. The van der Waals surface area contributed by atoms with Crippen LogP contribution in [0.25, 0.3) is 0 Å². The van der Waals surface area contributed by atoms with Gasteiger partial charge in [0.25, 0.3) is 0 Å². The van der Waals surface area contributed by atoms with Crippen LogP contribution >= 0.6 is 22.9 Å². The van der Waals surface area contributed by atoms with Crippen LogP contribution in [0.1, 0.15) is 35.8 Å². The zero-order valence-corrected chi connectivity index (χ0v) is 13.6. The molecule has 0 saturated carbocycles. The van der Waals surface area contributed by atoms with Gasteiger partial charge < -0.3 is 5.11 Å². The van der Waals surface area contributed by atoms with Crippen molar-refractivity contribution in [3.8, 4) is 0 Å². The van der Waals surface area contributed by atoms with Gasteiger partial charge in [-0.2, -0.15) is 5.10 Å². The molecule has 1 N–H and O–H groups in total. The number of aromatic nitrogens is 2. The van der Waals surface area contributed by atoms with E-state index in [4.69, 9.17) is 11.6 Å². The summed E-state index contributed by atoms with van der Waals surface area (Å²) in [5.74, 6) is 0. The lowest BCUT2D eigenvalue weighted by atomic mass is 10.0. The Morgan fingerprint density at radius 2 is 2.43 bits per heavy atom. The minimum atomic E-state index is -0.434. The van der Waals surface area contributed by atoms with Crippen LogP contribution in [0.4, 0.5) is 0 Å². The van der Waals surface area contributed by atoms with Crippen LogP contribution in [0.15, 0.2) is 23.8 Å². The first-order valence-electron chi connectivity index (χ1n) is 7.25. The lowest BCUT2D eigenvalue weighted by molar-refractivity contribution is 0.118. The summed E-state index contributed by atoms with van der Waals surface area (Å²) in [5.41, 5.74) is 0.906. The lowest BCUT2D eigenvalue weighted by Crippen LogP contribution is -2.30. The molecule has 1 aliphatic heterocycles. The fraction of sp³-hybridized carbons (Fsp3) is 0.533. The molecule has 21 heavy (non-hydrogen) atoms. The number of likely N-dealkylation sites (tertiary alicyclic amines) is 1. The van der Waals surface area contributed by atoms with Gasteiger partial charge >= 0.3 is 0 Å². The number of aryl methyl sites for hydroxylation is 1. The Morgan fingerprint density at radius 1 is 1.57 bits per heavy atom. The third-order valence-corrected chi connectivity index (χ3v) is 5.35. The SMILES string of the molecule is Cn1cc([C@H](O)C[C@H]2CCCN2Cc2cc(Cl)cs2)cn1. The fourth-order valence-electron chi connectivity index (χ4n) is 3.01. The molecule has 0 radical (unpaired) electrons. The Balaban J connectivity index is 1.61. The molecule has 1 fully saturated rings. The maximum atomic E-state index is 10.4. The van der Waals surface area contributed by atoms with Crippen molar-refractivity contribution in [2.75, 3.05) is 6.54 Å². The second kappa shape index (κ2) is 6.48. The molecular weight excluding hydrogens is 306 g/mol. The topological polar surface area (TPSA) is 41.3 Å². The first-order valence-corrected chi connectivity index (χ1v) is 8.51. The molecule has 0 spiro atoms. The molecule has 2 aromatic heterocycles. The van der Waals surface area contributed by atoms with E-state index in [1.165, 1.54) is 11.3 Å². The summed E-state index contributed by atoms with van der Waals surface area (Å²) in [7, 11) is 1.87. The maximum Gasteiger partial charge on any atom is 0.0835 e.